The fraction of sp³-hybridized carbons (Fsp3) is 0.500. The summed E-state index contributed by atoms with van der Waals surface area (Å²) in [5.41, 5.74) is 6.93. The summed E-state index contributed by atoms with van der Waals surface area (Å²) in [6.45, 7) is 1.70. The van der Waals surface area contributed by atoms with Crippen LogP contribution in [0.15, 0.2) is 23.1 Å². The standard InChI is InChI=1S/C12H20N4O2S/c1-16(9-2-3-9)7-6-15-12-5-4-10(8-11(12)13)19(14,17)18/h4-5,8-9,15H,2-3,6-7,13H2,1H3,(H2,14,17,18). The molecule has 2 rings (SSSR count). The maximum absolute atomic E-state index is 11.2. The number of hydrogen-bond acceptors (Lipinski definition) is 5. The van der Waals surface area contributed by atoms with Crippen molar-refractivity contribution in [1.29, 1.82) is 0 Å². The second-order valence-electron chi connectivity index (χ2n) is 4.93. The minimum absolute atomic E-state index is 0.0330. The summed E-state index contributed by atoms with van der Waals surface area (Å²) in [6.07, 6.45) is 2.56. The minimum atomic E-state index is -3.70. The molecular formula is C12H20N4O2S. The maximum Gasteiger partial charge on any atom is 0.238 e. The van der Waals surface area contributed by atoms with Gasteiger partial charge in [-0.2, -0.15) is 0 Å². The lowest BCUT2D eigenvalue weighted by Crippen LogP contribution is -2.27. The predicted molar refractivity (Wildman–Crippen MR) is 76.4 cm³/mol. The van der Waals surface area contributed by atoms with Crippen molar-refractivity contribution >= 4 is 21.4 Å². The average Bonchev–Trinajstić information content (AvgIpc) is 3.13. The fourth-order valence-corrected chi connectivity index (χ4v) is 2.49. The second-order valence-corrected chi connectivity index (χ2v) is 6.49. The lowest BCUT2D eigenvalue weighted by atomic mass is 10.2. The van der Waals surface area contributed by atoms with E-state index in [2.05, 4.69) is 17.3 Å². The average molecular weight is 284 g/mol. The number of nitrogen functional groups attached to an aromatic ring is 1. The Morgan fingerprint density at radius 2 is 2.11 bits per heavy atom. The van der Waals surface area contributed by atoms with E-state index < -0.39 is 10.0 Å². The van der Waals surface area contributed by atoms with Crippen LogP contribution in [0.4, 0.5) is 11.4 Å². The number of nitrogens with zero attached hydrogens (tertiary/aromatic N) is 1. The number of primary sulfonamides is 1. The van der Waals surface area contributed by atoms with Crippen molar-refractivity contribution < 1.29 is 8.42 Å². The van der Waals surface area contributed by atoms with E-state index in [1.165, 1.54) is 25.0 Å². The van der Waals surface area contributed by atoms with E-state index in [1.807, 2.05) is 0 Å². The molecule has 106 valence electrons. The largest absolute Gasteiger partial charge is 0.397 e. The molecule has 1 aliphatic rings. The normalized spacial score (nSPS) is 15.7. The Kier molecular flexibility index (Phi) is 3.98. The molecule has 0 spiro atoms. The topological polar surface area (TPSA) is 101 Å². The zero-order valence-electron chi connectivity index (χ0n) is 11.0. The first kappa shape index (κ1) is 14.1. The highest BCUT2D eigenvalue weighted by Gasteiger charge is 2.25. The van der Waals surface area contributed by atoms with Crippen LogP contribution in [-0.4, -0.2) is 39.5 Å². The van der Waals surface area contributed by atoms with Crippen LogP contribution in [0.3, 0.4) is 0 Å². The van der Waals surface area contributed by atoms with Gasteiger partial charge in [-0.25, -0.2) is 13.6 Å². The van der Waals surface area contributed by atoms with E-state index in [0.717, 1.165) is 24.8 Å². The smallest absolute Gasteiger partial charge is 0.238 e. The van der Waals surface area contributed by atoms with Gasteiger partial charge in [0.05, 0.1) is 16.3 Å². The first-order valence-corrected chi connectivity index (χ1v) is 7.79. The summed E-state index contributed by atoms with van der Waals surface area (Å²) in [5.74, 6) is 0. The summed E-state index contributed by atoms with van der Waals surface area (Å²) in [5, 5.41) is 8.25. The number of hydrogen-bond donors (Lipinski definition) is 3. The van der Waals surface area contributed by atoms with E-state index in [4.69, 9.17) is 10.9 Å². The van der Waals surface area contributed by atoms with Crippen molar-refractivity contribution in [3.63, 3.8) is 0 Å². The molecule has 0 aliphatic heterocycles. The van der Waals surface area contributed by atoms with Gasteiger partial charge < -0.3 is 16.0 Å². The Labute approximate surface area is 113 Å². The second kappa shape index (κ2) is 5.36. The zero-order valence-corrected chi connectivity index (χ0v) is 11.8. The molecule has 0 unspecified atom stereocenters. The molecule has 19 heavy (non-hydrogen) atoms. The third-order valence-corrected chi connectivity index (χ3v) is 4.21. The van der Waals surface area contributed by atoms with Gasteiger partial charge in [-0.1, -0.05) is 0 Å². The molecule has 1 aromatic rings. The number of anilines is 2. The van der Waals surface area contributed by atoms with Crippen LogP contribution in [0.1, 0.15) is 12.8 Å². The molecule has 5 N–H and O–H groups in total. The Hall–Kier alpha value is -1.31. The SMILES string of the molecule is CN(CCNc1ccc(S(N)(=O)=O)cc1N)C1CC1. The molecule has 1 fully saturated rings. The van der Waals surface area contributed by atoms with Crippen LogP contribution in [0.25, 0.3) is 0 Å². The zero-order chi connectivity index (χ0) is 14.0. The molecule has 0 amide bonds. The van der Waals surface area contributed by atoms with Crippen molar-refractivity contribution in [2.24, 2.45) is 5.14 Å². The molecule has 0 aromatic heterocycles. The molecular weight excluding hydrogens is 264 g/mol. The van der Waals surface area contributed by atoms with Gasteiger partial charge in [0, 0.05) is 19.1 Å². The molecule has 1 saturated carbocycles. The van der Waals surface area contributed by atoms with E-state index in [-0.39, 0.29) is 4.90 Å². The highest BCUT2D eigenvalue weighted by atomic mass is 32.2. The van der Waals surface area contributed by atoms with Crippen LogP contribution in [-0.2, 0) is 10.0 Å². The molecule has 1 aromatic carbocycles. The van der Waals surface area contributed by atoms with Crippen molar-refractivity contribution in [3.8, 4) is 0 Å². The number of likely N-dealkylation sites (N-methyl/N-ethyl adjacent to an activating group) is 1. The monoisotopic (exact) mass is 284 g/mol. The van der Waals surface area contributed by atoms with Crippen molar-refractivity contribution in [3.05, 3.63) is 18.2 Å². The molecule has 0 bridgehead atoms. The van der Waals surface area contributed by atoms with Gasteiger partial charge in [0.15, 0.2) is 0 Å². The Morgan fingerprint density at radius 1 is 1.42 bits per heavy atom. The van der Waals surface area contributed by atoms with Crippen LogP contribution in [0, 0.1) is 0 Å². The van der Waals surface area contributed by atoms with Crippen LogP contribution >= 0.6 is 0 Å². The molecule has 0 atom stereocenters. The van der Waals surface area contributed by atoms with Crippen molar-refractivity contribution in [2.45, 2.75) is 23.8 Å². The van der Waals surface area contributed by atoms with E-state index in [1.54, 1.807) is 6.07 Å². The maximum atomic E-state index is 11.2. The lowest BCUT2D eigenvalue weighted by Gasteiger charge is -2.17. The Bertz CT molecular complexity index is 555. The minimum Gasteiger partial charge on any atom is -0.397 e. The third-order valence-electron chi connectivity index (χ3n) is 3.30. The summed E-state index contributed by atoms with van der Waals surface area (Å²) < 4.78 is 22.4. The first-order chi connectivity index (χ1) is 8.88. The van der Waals surface area contributed by atoms with Gasteiger partial charge in [-0.3, -0.25) is 0 Å². The number of rotatable bonds is 6. The summed E-state index contributed by atoms with van der Waals surface area (Å²) >= 11 is 0. The highest BCUT2D eigenvalue weighted by Crippen LogP contribution is 2.25. The van der Waals surface area contributed by atoms with Gasteiger partial charge in [0.2, 0.25) is 10.0 Å². The molecule has 6 nitrogen and oxygen atoms in total. The molecule has 7 heteroatoms. The van der Waals surface area contributed by atoms with E-state index in [9.17, 15) is 8.42 Å². The Balaban J connectivity index is 1.93. The van der Waals surface area contributed by atoms with Gasteiger partial charge in [-0.05, 0) is 38.1 Å². The van der Waals surface area contributed by atoms with Crippen molar-refractivity contribution in [2.75, 3.05) is 31.2 Å². The van der Waals surface area contributed by atoms with Crippen LogP contribution < -0.4 is 16.2 Å². The van der Waals surface area contributed by atoms with Crippen molar-refractivity contribution in [1.82, 2.24) is 4.90 Å². The van der Waals surface area contributed by atoms with E-state index in [0.29, 0.717) is 5.69 Å². The van der Waals surface area contributed by atoms with Crippen LogP contribution in [0.5, 0.6) is 0 Å². The van der Waals surface area contributed by atoms with Crippen LogP contribution in [0.2, 0.25) is 0 Å². The number of nitrogens with two attached hydrogens (primary N) is 2. The molecule has 0 radical (unpaired) electrons. The quantitative estimate of drug-likeness (QED) is 0.657. The van der Waals surface area contributed by atoms with Gasteiger partial charge >= 0.3 is 0 Å². The summed E-state index contributed by atoms with van der Waals surface area (Å²) in [4.78, 5) is 2.34. The Morgan fingerprint density at radius 3 is 2.63 bits per heavy atom. The van der Waals surface area contributed by atoms with Gasteiger partial charge in [0.25, 0.3) is 0 Å². The summed E-state index contributed by atoms with van der Waals surface area (Å²) in [7, 11) is -1.59. The number of nitrogens with one attached hydrogen (secondary N) is 1. The predicted octanol–water partition coefficient (Wildman–Crippen LogP) is 0.422. The van der Waals surface area contributed by atoms with Gasteiger partial charge in [-0.15, -0.1) is 0 Å². The lowest BCUT2D eigenvalue weighted by molar-refractivity contribution is 0.337. The number of sulfonamides is 1. The highest BCUT2D eigenvalue weighted by molar-refractivity contribution is 7.89. The first-order valence-electron chi connectivity index (χ1n) is 6.24. The molecule has 1 aliphatic carbocycles. The van der Waals surface area contributed by atoms with E-state index >= 15 is 0 Å². The number of benzene rings is 1. The molecule has 0 heterocycles. The van der Waals surface area contributed by atoms with Gasteiger partial charge in [0.1, 0.15) is 0 Å². The molecule has 0 saturated heterocycles. The fourth-order valence-electron chi connectivity index (χ4n) is 1.94. The summed E-state index contributed by atoms with van der Waals surface area (Å²) in [6, 6.07) is 5.21. The third kappa shape index (κ3) is 3.82.